The van der Waals surface area contributed by atoms with Gasteiger partial charge in [-0.15, -0.1) is 0 Å². The molecule has 61 heavy (non-hydrogen) atoms. The summed E-state index contributed by atoms with van der Waals surface area (Å²) in [6.07, 6.45) is 5.74. The fourth-order valence-electron chi connectivity index (χ4n) is 7.86. The summed E-state index contributed by atoms with van der Waals surface area (Å²) in [5.41, 5.74) is 7.94. The van der Waals surface area contributed by atoms with Crippen LogP contribution in [0.1, 0.15) is 80.6 Å². The summed E-state index contributed by atoms with van der Waals surface area (Å²) in [7, 11) is 0. The molecule has 5 N–H and O–H groups in total. The minimum Gasteiger partial charge on any atom is -0.384 e. The summed E-state index contributed by atoms with van der Waals surface area (Å²) in [4.78, 5) is 62.0. The molecule has 1 atom stereocenters. The van der Waals surface area contributed by atoms with Crippen LogP contribution in [-0.2, 0) is 10.2 Å². The average molecular weight is 825 g/mol. The molecule has 8 rings (SSSR count). The van der Waals surface area contributed by atoms with Gasteiger partial charge in [0.05, 0.1) is 23.6 Å². The second-order valence-electron chi connectivity index (χ2n) is 16.9. The summed E-state index contributed by atoms with van der Waals surface area (Å²) in [6.45, 7) is 14.7. The minimum absolute atomic E-state index is 0.0508. The number of rotatable bonds is 13. The van der Waals surface area contributed by atoms with Crippen LogP contribution in [0.5, 0.6) is 0 Å². The molecule has 0 saturated carbocycles. The highest BCUT2D eigenvalue weighted by Crippen LogP contribution is 2.32. The van der Waals surface area contributed by atoms with Gasteiger partial charge < -0.3 is 30.4 Å². The van der Waals surface area contributed by atoms with Gasteiger partial charge >= 0.3 is 17.8 Å². The molecule has 6 aromatic rings. The first-order chi connectivity index (χ1) is 29.4. The van der Waals surface area contributed by atoms with Crippen LogP contribution in [0.2, 0.25) is 0 Å². The fourth-order valence-corrected chi connectivity index (χ4v) is 7.86. The Morgan fingerprint density at radius 1 is 0.951 bits per heavy atom. The number of nitrogens with one attached hydrogen (secondary N) is 5. The lowest BCUT2D eigenvalue weighted by molar-refractivity contribution is -0.120. The van der Waals surface area contributed by atoms with E-state index in [1.807, 2.05) is 58.9 Å². The topological polar surface area (TPSA) is 199 Å². The molecule has 16 nitrogen and oxygen atoms in total. The summed E-state index contributed by atoms with van der Waals surface area (Å²) in [5, 5.41) is 17.4. The lowest BCUT2D eigenvalue weighted by atomic mass is 9.96. The van der Waals surface area contributed by atoms with Crippen molar-refractivity contribution in [2.24, 2.45) is 5.92 Å². The van der Waals surface area contributed by atoms with Crippen molar-refractivity contribution in [2.45, 2.75) is 65.3 Å². The molecule has 0 spiro atoms. The number of urea groups is 1. The number of H-pyrrole nitrogens is 1. The smallest absolute Gasteiger partial charge is 0.328 e. The zero-order valence-corrected chi connectivity index (χ0v) is 35.2. The van der Waals surface area contributed by atoms with E-state index < -0.39 is 11.9 Å². The third kappa shape index (κ3) is 9.39. The summed E-state index contributed by atoms with van der Waals surface area (Å²) < 4.78 is 5.24. The lowest BCUT2D eigenvalue weighted by Crippen LogP contribution is -2.49. The number of hydrogen-bond acceptors (Lipinski definition) is 12. The molecule has 2 aromatic carbocycles. The van der Waals surface area contributed by atoms with Crippen LogP contribution < -0.4 is 31.1 Å². The van der Waals surface area contributed by atoms with Gasteiger partial charge in [-0.05, 0) is 92.2 Å². The Hall–Kier alpha value is -6.68. The van der Waals surface area contributed by atoms with Crippen molar-refractivity contribution in [3.63, 3.8) is 0 Å². The number of aromatic nitrogens is 6. The van der Waals surface area contributed by atoms with E-state index in [2.05, 4.69) is 92.6 Å². The van der Waals surface area contributed by atoms with Crippen molar-refractivity contribution in [1.82, 2.24) is 46.0 Å². The number of imide groups is 1. The molecule has 316 valence electrons. The van der Waals surface area contributed by atoms with Gasteiger partial charge in [-0.1, -0.05) is 50.2 Å². The zero-order chi connectivity index (χ0) is 42.7. The molecule has 0 bridgehead atoms. The van der Waals surface area contributed by atoms with E-state index in [0.717, 1.165) is 102 Å². The van der Waals surface area contributed by atoms with E-state index in [4.69, 9.17) is 4.52 Å². The largest absolute Gasteiger partial charge is 0.384 e. The highest BCUT2D eigenvalue weighted by molar-refractivity contribution is 6.05. The van der Waals surface area contributed by atoms with Gasteiger partial charge in [0, 0.05) is 66.9 Å². The first-order valence-corrected chi connectivity index (χ1v) is 20.9. The Morgan fingerprint density at radius 3 is 2.44 bits per heavy atom. The number of nitrogens with zero attached hydrogens (tertiary/aromatic N) is 7. The van der Waals surface area contributed by atoms with E-state index >= 15 is 0 Å². The van der Waals surface area contributed by atoms with Crippen molar-refractivity contribution in [2.75, 3.05) is 54.4 Å². The molecule has 4 aromatic heterocycles. The quantitative estimate of drug-likeness (QED) is 0.0791. The molecule has 2 saturated heterocycles. The van der Waals surface area contributed by atoms with E-state index in [-0.39, 0.29) is 23.3 Å². The number of fused-ring (bicyclic) bond motifs is 1. The highest BCUT2D eigenvalue weighted by atomic mass is 16.5. The molecule has 0 unspecified atom stereocenters. The minimum atomic E-state index is -0.412. The van der Waals surface area contributed by atoms with E-state index in [1.54, 1.807) is 17.4 Å². The molecular weight excluding hydrogens is 773 g/mol. The van der Waals surface area contributed by atoms with Crippen molar-refractivity contribution in [3.8, 4) is 22.5 Å². The van der Waals surface area contributed by atoms with Gasteiger partial charge in [0.2, 0.25) is 5.91 Å². The van der Waals surface area contributed by atoms with Crippen LogP contribution in [0, 0.1) is 12.8 Å². The molecule has 2 aliphatic heterocycles. The summed E-state index contributed by atoms with van der Waals surface area (Å²) in [5.74, 6) is 1.29. The molecule has 0 aliphatic carbocycles. The number of anilines is 3. The fraction of sp³-hybridized carbons (Fsp3) is 0.378. The first-order valence-electron chi connectivity index (χ1n) is 20.9. The number of carbonyl (C=O) groups is 3. The summed E-state index contributed by atoms with van der Waals surface area (Å²) >= 11 is 0. The third-order valence-electron chi connectivity index (χ3n) is 11.4. The predicted molar refractivity (Wildman–Crippen MR) is 234 cm³/mol. The molecule has 6 heterocycles. The van der Waals surface area contributed by atoms with E-state index in [9.17, 15) is 14.4 Å². The maximum Gasteiger partial charge on any atom is 0.328 e. The van der Waals surface area contributed by atoms with Crippen molar-refractivity contribution >= 4 is 46.1 Å². The maximum atomic E-state index is 12.9. The van der Waals surface area contributed by atoms with Gasteiger partial charge in [0.1, 0.15) is 17.8 Å². The van der Waals surface area contributed by atoms with Gasteiger partial charge in [0.25, 0.3) is 0 Å². The zero-order valence-electron chi connectivity index (χ0n) is 35.2. The number of carbonyl (C=O) groups excluding carboxylic acids is 3. The van der Waals surface area contributed by atoms with Gasteiger partial charge in [-0.2, -0.15) is 4.98 Å². The van der Waals surface area contributed by atoms with Gasteiger partial charge in [-0.25, -0.2) is 19.7 Å². The number of aromatic amines is 1. The van der Waals surface area contributed by atoms with Crippen molar-refractivity contribution in [1.29, 1.82) is 0 Å². The Bertz CT molecular complexity index is 2520. The van der Waals surface area contributed by atoms with Crippen LogP contribution in [0.4, 0.5) is 22.0 Å². The van der Waals surface area contributed by atoms with Crippen LogP contribution in [0.25, 0.3) is 33.5 Å². The Morgan fingerprint density at radius 2 is 1.74 bits per heavy atom. The standard InChI is InChI=1S/C45H52N12O4/c1-27-22-31(8-12-34(27)28(2)51-41(59)42-54-43(55-61-42)45(3,4)5)39-35-23-36(52-40(35)50-26-49-39)30-6-9-32(10-7-30)47-18-17-46-24-29-14-19-56(20-15-29)37-13-11-33(25-48-37)57-21-16-38(58)53-44(57)60/h6-13,22-23,25-26,28-29,46-47H,14-21,24H2,1-5H3,(H,51,59)(H,49,50,52)(H,53,58,60)/t28-/m1/s1. The molecule has 2 fully saturated rings. The number of benzene rings is 2. The molecule has 16 heteroatoms. The third-order valence-corrected chi connectivity index (χ3v) is 11.4. The Balaban J connectivity index is 0.796. The SMILES string of the molecule is Cc1cc(-c2ncnc3[nH]c(-c4ccc(NCCNCC5CCN(c6ccc(N7CCC(=O)NC7=O)cn6)CC5)cc4)cc23)ccc1[C@@H](C)NC(=O)c1nc(C(C)(C)C)no1. The predicted octanol–water partition coefficient (Wildman–Crippen LogP) is 6.53. The average Bonchev–Trinajstić information content (AvgIpc) is 3.94. The number of hydrogen-bond donors (Lipinski definition) is 5. The number of amides is 4. The Kier molecular flexibility index (Phi) is 11.8. The van der Waals surface area contributed by atoms with Crippen molar-refractivity contribution < 1.29 is 18.9 Å². The van der Waals surface area contributed by atoms with E-state index in [0.29, 0.717) is 30.4 Å². The van der Waals surface area contributed by atoms with Crippen LogP contribution in [0.3, 0.4) is 0 Å². The monoisotopic (exact) mass is 824 g/mol. The Labute approximate surface area is 354 Å². The molecule has 0 radical (unpaired) electrons. The number of pyridine rings is 1. The second kappa shape index (κ2) is 17.5. The molecular formula is C45H52N12O4. The molecule has 4 amide bonds. The highest BCUT2D eigenvalue weighted by Gasteiger charge is 2.27. The van der Waals surface area contributed by atoms with Gasteiger partial charge in [0.15, 0.2) is 5.82 Å². The van der Waals surface area contributed by atoms with Crippen LogP contribution in [-0.4, -0.2) is 87.2 Å². The van der Waals surface area contributed by atoms with Crippen LogP contribution in [0.15, 0.2) is 77.7 Å². The maximum absolute atomic E-state index is 12.9. The lowest BCUT2D eigenvalue weighted by Gasteiger charge is -2.33. The normalized spacial score (nSPS) is 15.6. The van der Waals surface area contributed by atoms with E-state index in [1.165, 1.54) is 0 Å². The number of piperidine rings is 1. The second-order valence-corrected chi connectivity index (χ2v) is 16.9. The summed E-state index contributed by atoms with van der Waals surface area (Å²) in [6, 6.07) is 19.8. The first kappa shape index (κ1) is 41.1. The molecule has 2 aliphatic rings. The van der Waals surface area contributed by atoms with Crippen molar-refractivity contribution in [3.05, 3.63) is 96.0 Å². The van der Waals surface area contributed by atoms with Gasteiger partial charge in [-0.3, -0.25) is 19.8 Å². The number of aryl methyl sites for hydroxylation is 1. The van der Waals surface area contributed by atoms with Crippen LogP contribution >= 0.6 is 0 Å².